The van der Waals surface area contributed by atoms with Crippen LogP contribution in [0.4, 0.5) is 0 Å². The van der Waals surface area contributed by atoms with Crippen LogP contribution in [0.5, 0.6) is 0 Å². The van der Waals surface area contributed by atoms with Gasteiger partial charge in [-0.15, -0.1) is 0 Å². The number of carbonyl (C=O) groups excluding carboxylic acids is 1. The Morgan fingerprint density at radius 3 is 2.50 bits per heavy atom. The Labute approximate surface area is 120 Å². The molecular formula is C15H26N2O3. The van der Waals surface area contributed by atoms with Crippen LogP contribution in [0.15, 0.2) is 0 Å². The zero-order chi connectivity index (χ0) is 14.6. The first-order chi connectivity index (χ1) is 9.52. The number of hydrogen-bond acceptors (Lipinski definition) is 3. The van der Waals surface area contributed by atoms with Crippen LogP contribution in [0.3, 0.4) is 0 Å². The van der Waals surface area contributed by atoms with Gasteiger partial charge >= 0.3 is 5.97 Å². The number of rotatable bonds is 5. The van der Waals surface area contributed by atoms with E-state index in [0.717, 1.165) is 38.8 Å². The second-order valence-electron chi connectivity index (χ2n) is 6.59. The number of aliphatic carboxylic acids is 1. The second kappa shape index (κ2) is 6.57. The van der Waals surface area contributed by atoms with Gasteiger partial charge in [0.05, 0.1) is 12.3 Å². The molecule has 0 aromatic carbocycles. The number of carboxylic acids is 1. The fourth-order valence-corrected chi connectivity index (χ4v) is 3.61. The van der Waals surface area contributed by atoms with Crippen molar-refractivity contribution in [2.24, 2.45) is 17.3 Å². The molecule has 1 saturated carbocycles. The highest BCUT2D eigenvalue weighted by Crippen LogP contribution is 2.38. The smallest absolute Gasteiger partial charge is 0.303 e. The minimum Gasteiger partial charge on any atom is -0.481 e. The third kappa shape index (κ3) is 3.72. The molecule has 20 heavy (non-hydrogen) atoms. The van der Waals surface area contributed by atoms with Crippen molar-refractivity contribution >= 4 is 11.9 Å². The summed E-state index contributed by atoms with van der Waals surface area (Å²) in [6.07, 6.45) is 5.33. The molecule has 2 fully saturated rings. The van der Waals surface area contributed by atoms with E-state index in [0.29, 0.717) is 12.5 Å². The summed E-state index contributed by atoms with van der Waals surface area (Å²) in [4.78, 5) is 23.3. The molecule has 2 atom stereocenters. The first-order valence-corrected chi connectivity index (χ1v) is 7.73. The van der Waals surface area contributed by atoms with E-state index in [9.17, 15) is 9.59 Å². The molecule has 0 aromatic rings. The molecule has 1 heterocycles. The molecule has 3 N–H and O–H groups in total. The van der Waals surface area contributed by atoms with E-state index < -0.39 is 5.97 Å². The van der Waals surface area contributed by atoms with Crippen molar-refractivity contribution in [1.29, 1.82) is 0 Å². The monoisotopic (exact) mass is 282 g/mol. The van der Waals surface area contributed by atoms with E-state index in [4.69, 9.17) is 5.11 Å². The summed E-state index contributed by atoms with van der Waals surface area (Å²) in [5.74, 6) is -0.285. The second-order valence-corrected chi connectivity index (χ2v) is 6.59. The molecule has 1 aliphatic carbocycles. The maximum Gasteiger partial charge on any atom is 0.303 e. The molecule has 2 rings (SSSR count). The summed E-state index contributed by atoms with van der Waals surface area (Å²) in [6.45, 7) is 4.22. The molecular weight excluding hydrogens is 256 g/mol. The topological polar surface area (TPSA) is 78.4 Å². The van der Waals surface area contributed by atoms with Crippen molar-refractivity contribution in [1.82, 2.24) is 10.6 Å². The number of hydrogen-bond donors (Lipinski definition) is 3. The van der Waals surface area contributed by atoms with Gasteiger partial charge in [0.2, 0.25) is 5.91 Å². The minimum atomic E-state index is -0.753. The third-order valence-electron chi connectivity index (χ3n) is 4.93. The van der Waals surface area contributed by atoms with E-state index in [-0.39, 0.29) is 23.7 Å². The quantitative estimate of drug-likeness (QED) is 0.712. The van der Waals surface area contributed by atoms with E-state index in [1.165, 1.54) is 6.42 Å². The van der Waals surface area contributed by atoms with Crippen LogP contribution >= 0.6 is 0 Å². The van der Waals surface area contributed by atoms with Gasteiger partial charge in [0.1, 0.15) is 0 Å². The molecule has 1 aliphatic heterocycles. The minimum absolute atomic E-state index is 0.0282. The standard InChI is InChI=1S/C15H26N2O3/c1-11-8-16-9-12(11)14(20)17-10-15(7-13(18)19)5-3-2-4-6-15/h11-12,16H,2-10H2,1H3,(H,17,20)(H,18,19)/t11-,12-/m1/s1. The lowest BCUT2D eigenvalue weighted by atomic mass is 9.71. The Balaban J connectivity index is 1.91. The maximum atomic E-state index is 12.2. The van der Waals surface area contributed by atoms with Crippen molar-refractivity contribution in [2.45, 2.75) is 45.4 Å². The largest absolute Gasteiger partial charge is 0.481 e. The highest BCUT2D eigenvalue weighted by Gasteiger charge is 2.36. The molecule has 0 bridgehead atoms. The van der Waals surface area contributed by atoms with Crippen LogP contribution in [0.2, 0.25) is 0 Å². The van der Waals surface area contributed by atoms with Gasteiger partial charge in [0, 0.05) is 13.1 Å². The van der Waals surface area contributed by atoms with Crippen molar-refractivity contribution in [3.63, 3.8) is 0 Å². The first kappa shape index (κ1) is 15.3. The fourth-order valence-electron chi connectivity index (χ4n) is 3.61. The van der Waals surface area contributed by atoms with Gasteiger partial charge in [-0.25, -0.2) is 0 Å². The number of carboxylic acid groups (broad SMARTS) is 1. The van der Waals surface area contributed by atoms with Crippen LogP contribution in [0, 0.1) is 17.3 Å². The van der Waals surface area contributed by atoms with Crippen molar-refractivity contribution in [2.75, 3.05) is 19.6 Å². The average molecular weight is 282 g/mol. The summed E-state index contributed by atoms with van der Waals surface area (Å²) >= 11 is 0. The number of carbonyl (C=O) groups is 2. The fraction of sp³-hybridized carbons (Fsp3) is 0.867. The van der Waals surface area contributed by atoms with Gasteiger partial charge in [-0.1, -0.05) is 26.2 Å². The predicted octanol–water partition coefficient (Wildman–Crippen LogP) is 1.38. The van der Waals surface area contributed by atoms with Gasteiger partial charge in [-0.2, -0.15) is 0 Å². The summed E-state index contributed by atoms with van der Waals surface area (Å²) < 4.78 is 0. The van der Waals surface area contributed by atoms with Gasteiger partial charge in [-0.3, -0.25) is 9.59 Å². The molecule has 0 unspecified atom stereocenters. The summed E-state index contributed by atoms with van der Waals surface area (Å²) in [6, 6.07) is 0. The number of amides is 1. The molecule has 1 saturated heterocycles. The van der Waals surface area contributed by atoms with Crippen molar-refractivity contribution < 1.29 is 14.7 Å². The van der Waals surface area contributed by atoms with Gasteiger partial charge < -0.3 is 15.7 Å². The lowest BCUT2D eigenvalue weighted by Gasteiger charge is -2.36. The van der Waals surface area contributed by atoms with E-state index in [1.54, 1.807) is 0 Å². The van der Waals surface area contributed by atoms with Crippen molar-refractivity contribution in [3.05, 3.63) is 0 Å². The summed E-state index contributed by atoms with van der Waals surface area (Å²) in [5, 5.41) is 15.4. The molecule has 5 heteroatoms. The highest BCUT2D eigenvalue weighted by molar-refractivity contribution is 5.79. The first-order valence-electron chi connectivity index (χ1n) is 7.73. The van der Waals surface area contributed by atoms with Crippen LogP contribution < -0.4 is 10.6 Å². The van der Waals surface area contributed by atoms with Gasteiger partial charge in [0.15, 0.2) is 0 Å². The highest BCUT2D eigenvalue weighted by atomic mass is 16.4. The van der Waals surface area contributed by atoms with Crippen LogP contribution in [-0.4, -0.2) is 36.6 Å². The molecule has 5 nitrogen and oxygen atoms in total. The Hall–Kier alpha value is -1.10. The normalized spacial score (nSPS) is 29.1. The summed E-state index contributed by atoms with van der Waals surface area (Å²) in [5.41, 5.74) is -0.227. The zero-order valence-electron chi connectivity index (χ0n) is 12.3. The molecule has 1 amide bonds. The molecule has 114 valence electrons. The average Bonchev–Trinajstić information content (AvgIpc) is 2.83. The van der Waals surface area contributed by atoms with E-state index in [2.05, 4.69) is 17.6 Å². The van der Waals surface area contributed by atoms with Crippen LogP contribution in [0.1, 0.15) is 45.4 Å². The molecule has 0 radical (unpaired) electrons. The SMILES string of the molecule is C[C@@H]1CNC[C@H]1C(=O)NCC1(CC(=O)O)CCCCC1. The van der Waals surface area contributed by atoms with Gasteiger partial charge in [0.25, 0.3) is 0 Å². The Morgan fingerprint density at radius 2 is 1.95 bits per heavy atom. The predicted molar refractivity (Wildman–Crippen MR) is 76.3 cm³/mol. The lowest BCUT2D eigenvalue weighted by Crippen LogP contribution is -2.43. The zero-order valence-corrected chi connectivity index (χ0v) is 12.3. The molecule has 2 aliphatic rings. The Bertz CT molecular complexity index is 364. The van der Waals surface area contributed by atoms with Crippen molar-refractivity contribution in [3.8, 4) is 0 Å². The van der Waals surface area contributed by atoms with Crippen LogP contribution in [-0.2, 0) is 9.59 Å². The Kier molecular flexibility index (Phi) is 5.02. The van der Waals surface area contributed by atoms with E-state index in [1.807, 2.05) is 0 Å². The maximum absolute atomic E-state index is 12.2. The number of nitrogens with one attached hydrogen (secondary N) is 2. The van der Waals surface area contributed by atoms with Gasteiger partial charge in [-0.05, 0) is 30.7 Å². The summed E-state index contributed by atoms with van der Waals surface area (Å²) in [7, 11) is 0. The molecule has 0 aromatic heterocycles. The lowest BCUT2D eigenvalue weighted by molar-refractivity contribution is -0.141. The van der Waals surface area contributed by atoms with Crippen LogP contribution in [0.25, 0.3) is 0 Å². The Morgan fingerprint density at radius 1 is 1.25 bits per heavy atom. The molecule has 0 spiro atoms. The van der Waals surface area contributed by atoms with E-state index >= 15 is 0 Å². The third-order valence-corrected chi connectivity index (χ3v) is 4.93.